The van der Waals surface area contributed by atoms with E-state index in [-0.39, 0.29) is 30.1 Å². The van der Waals surface area contributed by atoms with E-state index in [0.29, 0.717) is 22.6 Å². The van der Waals surface area contributed by atoms with E-state index < -0.39 is 9.84 Å². The lowest BCUT2D eigenvalue weighted by Gasteiger charge is -2.34. The third-order valence-electron chi connectivity index (χ3n) is 4.70. The molecule has 146 valence electrons. The second-order valence-electron chi connectivity index (χ2n) is 6.82. The van der Waals surface area contributed by atoms with Crippen LogP contribution in [0.5, 0.6) is 0 Å². The van der Waals surface area contributed by atoms with Crippen molar-refractivity contribution in [2.75, 3.05) is 19.6 Å². The van der Waals surface area contributed by atoms with Gasteiger partial charge in [-0.2, -0.15) is 0 Å². The Labute approximate surface area is 167 Å². The summed E-state index contributed by atoms with van der Waals surface area (Å²) < 4.78 is 25.1. The number of halogens is 1. The molecule has 1 aliphatic heterocycles. The van der Waals surface area contributed by atoms with Gasteiger partial charge in [-0.25, -0.2) is 8.42 Å². The number of hydrogen-bond donors (Lipinski definition) is 1. The molecule has 0 saturated carbocycles. The maximum atomic E-state index is 12.6. The third kappa shape index (κ3) is 5.09. The third-order valence-corrected chi connectivity index (χ3v) is 6.40. The van der Waals surface area contributed by atoms with Crippen LogP contribution in [-0.2, 0) is 15.6 Å². The molecule has 0 aliphatic carbocycles. The number of aryl methyl sites for hydroxylation is 1. The lowest BCUT2D eigenvalue weighted by molar-refractivity contribution is 0.0656. The van der Waals surface area contributed by atoms with E-state index in [4.69, 9.17) is 0 Å². The summed E-state index contributed by atoms with van der Waals surface area (Å²) in [5.41, 5.74) is 2.29. The molecule has 1 heterocycles. The van der Waals surface area contributed by atoms with Crippen molar-refractivity contribution in [2.45, 2.75) is 30.5 Å². The zero-order valence-electron chi connectivity index (χ0n) is 15.5. The van der Waals surface area contributed by atoms with Crippen LogP contribution < -0.4 is 5.32 Å². The van der Waals surface area contributed by atoms with Gasteiger partial charge in [-0.05, 0) is 43.7 Å². The van der Waals surface area contributed by atoms with Crippen molar-refractivity contribution < 1.29 is 13.2 Å². The number of amides is 1. The first-order valence-corrected chi connectivity index (χ1v) is 10.4. The number of piperazine rings is 1. The molecule has 1 saturated heterocycles. The summed E-state index contributed by atoms with van der Waals surface area (Å²) in [6, 6.07) is 13.9. The van der Waals surface area contributed by atoms with Gasteiger partial charge in [0.05, 0.1) is 10.6 Å². The Balaban J connectivity index is 0.00000261. The Hall–Kier alpha value is -1.89. The molecule has 1 fully saturated rings. The summed E-state index contributed by atoms with van der Waals surface area (Å²) in [5, 5.41) is 3.26. The number of nitrogens with zero attached hydrogens (tertiary/aromatic N) is 1. The second-order valence-corrected chi connectivity index (χ2v) is 8.81. The van der Waals surface area contributed by atoms with Crippen molar-refractivity contribution in [1.82, 2.24) is 10.2 Å². The predicted octanol–water partition coefficient (Wildman–Crippen LogP) is 2.82. The number of nitrogens with one attached hydrogen (secondary N) is 1. The molecule has 1 amide bonds. The normalized spacial score (nSPS) is 17.3. The van der Waals surface area contributed by atoms with Crippen LogP contribution in [0.3, 0.4) is 0 Å². The molecule has 0 radical (unpaired) electrons. The molecule has 2 aromatic carbocycles. The fourth-order valence-electron chi connectivity index (χ4n) is 3.10. The summed E-state index contributed by atoms with van der Waals surface area (Å²) in [6.07, 6.45) is 0. The molecule has 5 nitrogen and oxygen atoms in total. The van der Waals surface area contributed by atoms with Crippen molar-refractivity contribution in [1.29, 1.82) is 0 Å². The molecular weight excluding hydrogens is 384 g/mol. The summed E-state index contributed by atoms with van der Waals surface area (Å²) in [6.45, 7) is 6.21. The van der Waals surface area contributed by atoms with Crippen molar-refractivity contribution >= 4 is 28.2 Å². The van der Waals surface area contributed by atoms with Crippen LogP contribution in [0.25, 0.3) is 0 Å². The van der Waals surface area contributed by atoms with Gasteiger partial charge in [0.15, 0.2) is 9.84 Å². The highest BCUT2D eigenvalue weighted by atomic mass is 35.5. The quantitative estimate of drug-likeness (QED) is 0.844. The molecule has 0 aromatic heterocycles. The van der Waals surface area contributed by atoms with Gasteiger partial charge in [-0.1, -0.05) is 29.8 Å². The maximum absolute atomic E-state index is 12.6. The van der Waals surface area contributed by atoms with Crippen LogP contribution in [0.2, 0.25) is 0 Å². The molecule has 0 unspecified atom stereocenters. The molecule has 1 N–H and O–H groups in total. The summed E-state index contributed by atoms with van der Waals surface area (Å²) in [4.78, 5) is 14.8. The number of hydrogen-bond acceptors (Lipinski definition) is 4. The number of benzene rings is 2. The van der Waals surface area contributed by atoms with E-state index in [1.807, 2.05) is 18.7 Å². The minimum Gasteiger partial charge on any atom is -0.333 e. The monoisotopic (exact) mass is 408 g/mol. The smallest absolute Gasteiger partial charge is 0.254 e. The molecule has 3 rings (SSSR count). The molecule has 1 aliphatic rings. The molecule has 0 spiro atoms. The number of rotatable bonds is 4. The summed E-state index contributed by atoms with van der Waals surface area (Å²) >= 11 is 0. The zero-order chi connectivity index (χ0) is 18.7. The largest absolute Gasteiger partial charge is 0.333 e. The summed E-state index contributed by atoms with van der Waals surface area (Å²) in [7, 11) is -3.40. The number of sulfone groups is 1. The van der Waals surface area contributed by atoms with E-state index >= 15 is 0 Å². The second kappa shape index (κ2) is 8.87. The first-order chi connectivity index (χ1) is 12.4. The van der Waals surface area contributed by atoms with Gasteiger partial charge in [0.25, 0.3) is 5.91 Å². The van der Waals surface area contributed by atoms with Crippen LogP contribution in [0.15, 0.2) is 53.4 Å². The molecule has 0 bridgehead atoms. The van der Waals surface area contributed by atoms with Gasteiger partial charge in [0.2, 0.25) is 0 Å². The first-order valence-electron chi connectivity index (χ1n) is 8.77. The molecule has 27 heavy (non-hydrogen) atoms. The van der Waals surface area contributed by atoms with Crippen LogP contribution in [0.4, 0.5) is 0 Å². The number of carbonyl (C=O) groups is 1. The molecular formula is C20H25ClN2O3S. The average molecular weight is 409 g/mol. The molecule has 7 heteroatoms. The highest BCUT2D eigenvalue weighted by Crippen LogP contribution is 2.18. The fraction of sp³-hybridized carbons (Fsp3) is 0.350. The van der Waals surface area contributed by atoms with Gasteiger partial charge in [-0.3, -0.25) is 4.79 Å². The van der Waals surface area contributed by atoms with Crippen LogP contribution in [-0.4, -0.2) is 44.9 Å². The van der Waals surface area contributed by atoms with Crippen molar-refractivity contribution in [2.24, 2.45) is 0 Å². The van der Waals surface area contributed by atoms with Crippen LogP contribution in [0, 0.1) is 6.92 Å². The standard InChI is InChI=1S/C20H24N2O3S.ClH/c1-15-3-9-19(10-4-15)26(24,25)14-17-5-7-18(8-6-17)20(23)22-12-11-21-13-16(22)2;/h3-10,16,21H,11-14H2,1-2H3;1H/t16-;/m1./s1. The SMILES string of the molecule is Cc1ccc(S(=O)(=O)Cc2ccc(C(=O)N3CCNC[C@H]3C)cc2)cc1.Cl. The van der Waals surface area contributed by atoms with E-state index in [0.717, 1.165) is 18.7 Å². The lowest BCUT2D eigenvalue weighted by atomic mass is 10.1. The summed E-state index contributed by atoms with van der Waals surface area (Å²) in [5.74, 6) is -0.0823. The highest BCUT2D eigenvalue weighted by molar-refractivity contribution is 7.90. The van der Waals surface area contributed by atoms with Crippen molar-refractivity contribution in [3.63, 3.8) is 0 Å². The Kier molecular flexibility index (Phi) is 7.03. The Bertz CT molecular complexity index is 880. The minimum absolute atomic E-state index is 0. The van der Waals surface area contributed by atoms with E-state index in [9.17, 15) is 13.2 Å². The van der Waals surface area contributed by atoms with E-state index in [1.165, 1.54) is 0 Å². The molecule has 2 aromatic rings. The lowest BCUT2D eigenvalue weighted by Crippen LogP contribution is -2.52. The van der Waals surface area contributed by atoms with Gasteiger partial charge in [0, 0.05) is 31.2 Å². The average Bonchev–Trinajstić information content (AvgIpc) is 2.62. The van der Waals surface area contributed by atoms with Crippen molar-refractivity contribution in [3.05, 3.63) is 65.2 Å². The van der Waals surface area contributed by atoms with Gasteiger partial charge in [0.1, 0.15) is 0 Å². The predicted molar refractivity (Wildman–Crippen MR) is 109 cm³/mol. The van der Waals surface area contributed by atoms with Gasteiger partial charge >= 0.3 is 0 Å². The number of carbonyl (C=O) groups excluding carboxylic acids is 1. The van der Waals surface area contributed by atoms with Crippen LogP contribution in [0.1, 0.15) is 28.4 Å². The van der Waals surface area contributed by atoms with Crippen LogP contribution >= 0.6 is 12.4 Å². The maximum Gasteiger partial charge on any atom is 0.254 e. The van der Waals surface area contributed by atoms with Gasteiger partial charge in [-0.15, -0.1) is 12.4 Å². The molecule has 1 atom stereocenters. The highest BCUT2D eigenvalue weighted by Gasteiger charge is 2.24. The topological polar surface area (TPSA) is 66.5 Å². The Morgan fingerprint density at radius 1 is 1.11 bits per heavy atom. The van der Waals surface area contributed by atoms with Gasteiger partial charge < -0.3 is 10.2 Å². The minimum atomic E-state index is -3.40. The van der Waals surface area contributed by atoms with E-state index in [2.05, 4.69) is 5.32 Å². The Morgan fingerprint density at radius 2 is 1.74 bits per heavy atom. The van der Waals surface area contributed by atoms with Crippen molar-refractivity contribution in [3.8, 4) is 0 Å². The Morgan fingerprint density at radius 3 is 2.33 bits per heavy atom. The fourth-order valence-corrected chi connectivity index (χ4v) is 4.45. The van der Waals surface area contributed by atoms with E-state index in [1.54, 1.807) is 48.5 Å². The zero-order valence-corrected chi connectivity index (χ0v) is 17.1. The first kappa shape index (κ1) is 21.4.